The number of benzene rings is 1. The number of piperidine rings is 1. The third-order valence-corrected chi connectivity index (χ3v) is 7.85. The summed E-state index contributed by atoms with van der Waals surface area (Å²) in [5.41, 5.74) is 12.2. The third kappa shape index (κ3) is 4.10. The zero-order valence-corrected chi connectivity index (χ0v) is 20.6. The summed E-state index contributed by atoms with van der Waals surface area (Å²) in [6.07, 6.45) is 8.11. The van der Waals surface area contributed by atoms with Gasteiger partial charge in [0.25, 0.3) is 0 Å². The first-order valence-corrected chi connectivity index (χ1v) is 12.7. The highest BCUT2D eigenvalue weighted by Crippen LogP contribution is 2.31. The van der Waals surface area contributed by atoms with Gasteiger partial charge in [0.05, 0.1) is 21.9 Å². The Hall–Kier alpha value is -2.20. The van der Waals surface area contributed by atoms with Gasteiger partial charge in [-0.3, -0.25) is 9.29 Å². The van der Waals surface area contributed by atoms with Crippen LogP contribution >= 0.6 is 27.9 Å². The fraction of sp³-hybridized carbons (Fsp3) is 0.348. The van der Waals surface area contributed by atoms with Crippen LogP contribution in [0.1, 0.15) is 24.1 Å². The lowest BCUT2D eigenvalue weighted by atomic mass is 10.1. The van der Waals surface area contributed by atoms with E-state index in [1.165, 1.54) is 5.56 Å². The number of aryl methyl sites for hydroxylation is 1. The molecule has 0 bridgehead atoms. The fourth-order valence-electron chi connectivity index (χ4n) is 4.25. The number of nitrogens with two attached hydrogens (primary N) is 1. The maximum Gasteiger partial charge on any atom is 0.165 e. The zero-order chi connectivity index (χ0) is 22.2. The first kappa shape index (κ1) is 21.6. The smallest absolute Gasteiger partial charge is 0.165 e. The van der Waals surface area contributed by atoms with Gasteiger partial charge in [0, 0.05) is 48.4 Å². The van der Waals surface area contributed by atoms with Crippen LogP contribution < -0.4 is 11.1 Å². The number of hydrogen-bond donors (Lipinski definition) is 2. The summed E-state index contributed by atoms with van der Waals surface area (Å²) in [5, 5.41) is 9.28. The van der Waals surface area contributed by atoms with Crippen LogP contribution in [0.3, 0.4) is 0 Å². The lowest BCUT2D eigenvalue weighted by Crippen LogP contribution is -2.39. The number of fused-ring (bicyclic) bond motifs is 2. The lowest BCUT2D eigenvalue weighted by Gasteiger charge is -2.30. The Morgan fingerprint density at radius 1 is 1.22 bits per heavy atom. The monoisotopic (exact) mass is 511 g/mol. The topological polar surface area (TPSA) is 84.4 Å². The molecule has 0 amide bonds. The zero-order valence-electron chi connectivity index (χ0n) is 18.2. The molecular formula is C23H26BrN7S. The van der Waals surface area contributed by atoms with Crippen LogP contribution in [0, 0.1) is 6.92 Å². The van der Waals surface area contributed by atoms with Crippen LogP contribution in [0.5, 0.6) is 0 Å². The molecule has 0 radical (unpaired) electrons. The molecule has 0 aliphatic carbocycles. The summed E-state index contributed by atoms with van der Waals surface area (Å²) < 4.78 is 4.90. The van der Waals surface area contributed by atoms with E-state index in [9.17, 15) is 0 Å². The molecule has 0 spiro atoms. The number of aromatic nitrogens is 4. The average molecular weight is 512 g/mol. The molecule has 1 saturated heterocycles. The van der Waals surface area contributed by atoms with Gasteiger partial charge in [-0.15, -0.1) is 0 Å². The number of halogens is 1. The van der Waals surface area contributed by atoms with Crippen LogP contribution in [0.2, 0.25) is 0 Å². The van der Waals surface area contributed by atoms with Crippen molar-refractivity contribution < 1.29 is 0 Å². The quantitative estimate of drug-likeness (QED) is 0.383. The number of anilines is 1. The molecule has 3 N–H and O–H groups in total. The molecule has 1 aliphatic rings. The number of nitrogen functional groups attached to an aromatic ring is 1. The number of pyridine rings is 1. The van der Waals surface area contributed by atoms with E-state index in [0.29, 0.717) is 18.4 Å². The standard InChI is InChI=1S/C23H26BrN7S/c1-14-3-4-19-15(9-14)10-16(11-27-19)18-12-28-31-22(25)21(24)20(29-23(18)31)13-26-17-5-7-30(32-2)8-6-17/h3-4,9-12,17,26H,5-8,13,25H2,1-2H3. The summed E-state index contributed by atoms with van der Waals surface area (Å²) in [5.74, 6) is 0.555. The van der Waals surface area contributed by atoms with Gasteiger partial charge < -0.3 is 11.1 Å². The molecule has 166 valence electrons. The molecule has 32 heavy (non-hydrogen) atoms. The Morgan fingerprint density at radius 3 is 2.81 bits per heavy atom. The average Bonchev–Trinajstić information content (AvgIpc) is 3.24. The predicted molar refractivity (Wildman–Crippen MR) is 136 cm³/mol. The van der Waals surface area contributed by atoms with Crippen molar-refractivity contribution in [1.29, 1.82) is 0 Å². The third-order valence-electron chi connectivity index (χ3n) is 6.11. The Bertz CT molecular complexity index is 1280. The van der Waals surface area contributed by atoms with Crippen LogP contribution in [-0.4, -0.2) is 49.3 Å². The highest BCUT2D eigenvalue weighted by Gasteiger charge is 2.20. The molecular weight excluding hydrogens is 486 g/mol. The number of nitrogens with one attached hydrogen (secondary N) is 1. The van der Waals surface area contributed by atoms with Crippen molar-refractivity contribution in [3.8, 4) is 11.1 Å². The van der Waals surface area contributed by atoms with E-state index in [-0.39, 0.29) is 0 Å². The van der Waals surface area contributed by atoms with Gasteiger partial charge in [0.1, 0.15) is 5.82 Å². The van der Waals surface area contributed by atoms with Gasteiger partial charge in [0.2, 0.25) is 0 Å². The summed E-state index contributed by atoms with van der Waals surface area (Å²) in [7, 11) is 0. The summed E-state index contributed by atoms with van der Waals surface area (Å²) in [6, 6.07) is 8.90. The van der Waals surface area contributed by atoms with Gasteiger partial charge in [-0.05, 0) is 60.2 Å². The molecule has 0 unspecified atom stereocenters. The lowest BCUT2D eigenvalue weighted by molar-refractivity contribution is 0.307. The van der Waals surface area contributed by atoms with E-state index in [2.05, 4.69) is 67.0 Å². The minimum absolute atomic E-state index is 0.488. The molecule has 9 heteroatoms. The van der Waals surface area contributed by atoms with Crippen LogP contribution in [0.25, 0.3) is 27.7 Å². The Balaban J connectivity index is 1.46. The van der Waals surface area contributed by atoms with E-state index in [0.717, 1.165) is 63.8 Å². The highest BCUT2D eigenvalue weighted by atomic mass is 79.9. The highest BCUT2D eigenvalue weighted by molar-refractivity contribution is 9.10. The van der Waals surface area contributed by atoms with Crippen molar-refractivity contribution >= 4 is 50.2 Å². The molecule has 4 heterocycles. The summed E-state index contributed by atoms with van der Waals surface area (Å²) >= 11 is 5.47. The van der Waals surface area contributed by atoms with Crippen LogP contribution in [-0.2, 0) is 6.54 Å². The number of nitrogens with zero attached hydrogens (tertiary/aromatic N) is 5. The summed E-state index contributed by atoms with van der Waals surface area (Å²) in [4.78, 5) is 9.59. The van der Waals surface area contributed by atoms with Crippen LogP contribution in [0.4, 0.5) is 5.82 Å². The van der Waals surface area contributed by atoms with Gasteiger partial charge in [0.15, 0.2) is 5.65 Å². The summed E-state index contributed by atoms with van der Waals surface area (Å²) in [6.45, 7) is 4.96. The van der Waals surface area contributed by atoms with Gasteiger partial charge >= 0.3 is 0 Å². The van der Waals surface area contributed by atoms with E-state index >= 15 is 0 Å². The first-order chi connectivity index (χ1) is 15.5. The fourth-order valence-corrected chi connectivity index (χ4v) is 5.22. The predicted octanol–water partition coefficient (Wildman–Crippen LogP) is 4.43. The van der Waals surface area contributed by atoms with E-state index < -0.39 is 0 Å². The van der Waals surface area contributed by atoms with E-state index in [4.69, 9.17) is 10.7 Å². The Labute approximate surface area is 200 Å². The van der Waals surface area contributed by atoms with Crippen LogP contribution in [0.15, 0.2) is 41.1 Å². The maximum atomic E-state index is 6.43. The van der Waals surface area contributed by atoms with Crippen molar-refractivity contribution in [2.45, 2.75) is 32.4 Å². The Morgan fingerprint density at radius 2 is 2.03 bits per heavy atom. The number of rotatable bonds is 5. The van der Waals surface area contributed by atoms with Gasteiger partial charge in [-0.25, -0.2) is 4.98 Å². The molecule has 3 aromatic heterocycles. The molecule has 1 aromatic carbocycles. The van der Waals surface area contributed by atoms with Crippen molar-refractivity contribution in [2.75, 3.05) is 25.1 Å². The second-order valence-corrected chi connectivity index (χ2v) is 9.91. The number of hydrogen-bond acceptors (Lipinski definition) is 7. The van der Waals surface area contributed by atoms with E-state index in [1.54, 1.807) is 4.52 Å². The second kappa shape index (κ2) is 8.97. The van der Waals surface area contributed by atoms with E-state index in [1.807, 2.05) is 30.4 Å². The molecule has 1 fully saturated rings. The maximum absolute atomic E-state index is 6.43. The van der Waals surface area contributed by atoms with Gasteiger partial charge in [-0.2, -0.15) is 9.61 Å². The molecule has 0 atom stereocenters. The molecule has 1 aliphatic heterocycles. The molecule has 7 nitrogen and oxygen atoms in total. The minimum Gasteiger partial charge on any atom is -0.383 e. The van der Waals surface area contributed by atoms with Crippen molar-refractivity contribution in [3.05, 3.63) is 52.4 Å². The normalized spacial score (nSPS) is 15.7. The van der Waals surface area contributed by atoms with Crippen molar-refractivity contribution in [3.63, 3.8) is 0 Å². The Kier molecular flexibility index (Phi) is 6.07. The molecule has 4 aromatic rings. The van der Waals surface area contributed by atoms with Gasteiger partial charge in [-0.1, -0.05) is 23.6 Å². The second-order valence-electron chi connectivity index (χ2n) is 8.24. The first-order valence-electron chi connectivity index (χ1n) is 10.7. The molecule has 0 saturated carbocycles. The van der Waals surface area contributed by atoms with Crippen molar-refractivity contribution in [2.24, 2.45) is 0 Å². The molecule has 5 rings (SSSR count). The minimum atomic E-state index is 0.488. The largest absolute Gasteiger partial charge is 0.383 e. The SMILES string of the molecule is CSN1CCC(NCc2nc3c(-c4cnc5ccc(C)cc5c4)cnn3c(N)c2Br)CC1. The van der Waals surface area contributed by atoms with Crippen molar-refractivity contribution in [1.82, 2.24) is 29.2 Å².